The predicted octanol–water partition coefficient (Wildman–Crippen LogP) is 4.82. The Morgan fingerprint density at radius 2 is 2.00 bits per heavy atom. The summed E-state index contributed by atoms with van der Waals surface area (Å²) in [7, 11) is 1.84. The molecule has 0 bridgehead atoms. The van der Waals surface area contributed by atoms with Crippen LogP contribution in [0.2, 0.25) is 10.0 Å². The van der Waals surface area contributed by atoms with Crippen molar-refractivity contribution in [1.82, 2.24) is 0 Å². The van der Waals surface area contributed by atoms with Crippen LogP contribution in [0.4, 0.5) is 5.69 Å². The van der Waals surface area contributed by atoms with E-state index in [9.17, 15) is 0 Å². The maximum absolute atomic E-state index is 6.09. The standard InChI is InChI=1S/C12H15Cl3N2/c1-3-4-7-16-12(15)17(2)9-5-6-10(13)11(14)8-9/h5-6,8H,3-4,7H2,1-2H3. The van der Waals surface area contributed by atoms with Gasteiger partial charge in [-0.25, -0.2) is 0 Å². The molecule has 0 saturated carbocycles. The molecule has 5 heteroatoms. The number of anilines is 1. The van der Waals surface area contributed by atoms with Crippen LogP contribution in [-0.2, 0) is 0 Å². The first kappa shape index (κ1) is 14.6. The first-order chi connectivity index (χ1) is 8.06. The largest absolute Gasteiger partial charge is 0.320 e. The fourth-order valence-corrected chi connectivity index (χ4v) is 1.71. The minimum atomic E-state index is 0.455. The van der Waals surface area contributed by atoms with Crippen LogP contribution in [0, 0.1) is 0 Å². The van der Waals surface area contributed by atoms with E-state index < -0.39 is 0 Å². The Balaban J connectivity index is 2.77. The van der Waals surface area contributed by atoms with E-state index in [1.165, 1.54) is 0 Å². The van der Waals surface area contributed by atoms with Gasteiger partial charge in [0, 0.05) is 19.3 Å². The number of rotatable bonds is 4. The summed E-state index contributed by atoms with van der Waals surface area (Å²) in [6.45, 7) is 2.85. The Labute approximate surface area is 117 Å². The molecule has 1 aromatic rings. The summed E-state index contributed by atoms with van der Waals surface area (Å²) in [5.74, 6) is 0. The van der Waals surface area contributed by atoms with Crippen molar-refractivity contribution in [1.29, 1.82) is 0 Å². The molecule has 0 atom stereocenters. The van der Waals surface area contributed by atoms with Gasteiger partial charge in [-0.15, -0.1) is 0 Å². The smallest absolute Gasteiger partial charge is 0.198 e. The Kier molecular flexibility index (Phi) is 6.10. The monoisotopic (exact) mass is 292 g/mol. The summed E-state index contributed by atoms with van der Waals surface area (Å²) in [6.07, 6.45) is 2.13. The molecule has 0 aliphatic heterocycles. The Morgan fingerprint density at radius 1 is 1.29 bits per heavy atom. The lowest BCUT2D eigenvalue weighted by Gasteiger charge is -2.17. The van der Waals surface area contributed by atoms with Gasteiger partial charge in [-0.1, -0.05) is 36.5 Å². The van der Waals surface area contributed by atoms with E-state index in [1.54, 1.807) is 17.0 Å². The molecule has 2 nitrogen and oxygen atoms in total. The third-order valence-corrected chi connectivity index (χ3v) is 3.43. The molecule has 1 rings (SSSR count). The second-order valence-corrected chi connectivity index (χ2v) is 4.81. The average Bonchev–Trinajstić information content (AvgIpc) is 2.32. The summed E-state index contributed by atoms with van der Waals surface area (Å²) in [5.41, 5.74) is 0.865. The van der Waals surface area contributed by atoms with Crippen LogP contribution in [0.25, 0.3) is 0 Å². The molecule has 0 unspecified atom stereocenters. The first-order valence-electron chi connectivity index (χ1n) is 5.45. The summed E-state index contributed by atoms with van der Waals surface area (Å²) in [5, 5.41) is 1.49. The number of hydrogen-bond acceptors (Lipinski definition) is 1. The highest BCUT2D eigenvalue weighted by atomic mass is 35.5. The van der Waals surface area contributed by atoms with Crippen molar-refractivity contribution in [2.75, 3.05) is 18.5 Å². The van der Waals surface area contributed by atoms with Gasteiger partial charge in [0.1, 0.15) is 0 Å². The molecule has 0 heterocycles. The summed E-state index contributed by atoms with van der Waals surface area (Å²) in [6, 6.07) is 5.36. The Morgan fingerprint density at radius 3 is 2.59 bits per heavy atom. The third-order valence-electron chi connectivity index (χ3n) is 2.32. The van der Waals surface area contributed by atoms with Crippen molar-refractivity contribution >= 4 is 45.8 Å². The van der Waals surface area contributed by atoms with Crippen molar-refractivity contribution < 1.29 is 0 Å². The van der Waals surface area contributed by atoms with Crippen LogP contribution in [-0.4, -0.2) is 18.9 Å². The topological polar surface area (TPSA) is 15.6 Å². The summed E-state index contributed by atoms with van der Waals surface area (Å²) in [4.78, 5) is 6.05. The highest BCUT2D eigenvalue weighted by Crippen LogP contribution is 2.27. The Hall–Kier alpha value is -0.440. The molecule has 17 heavy (non-hydrogen) atoms. The predicted molar refractivity (Wildman–Crippen MR) is 77.9 cm³/mol. The molecular weight excluding hydrogens is 279 g/mol. The maximum Gasteiger partial charge on any atom is 0.198 e. The zero-order valence-electron chi connectivity index (χ0n) is 9.88. The van der Waals surface area contributed by atoms with Crippen molar-refractivity contribution in [3.05, 3.63) is 28.2 Å². The van der Waals surface area contributed by atoms with E-state index in [-0.39, 0.29) is 0 Å². The number of benzene rings is 1. The van der Waals surface area contributed by atoms with E-state index >= 15 is 0 Å². The van der Waals surface area contributed by atoms with Crippen LogP contribution in [0.5, 0.6) is 0 Å². The molecule has 0 aliphatic rings. The maximum atomic E-state index is 6.09. The molecule has 1 aromatic carbocycles. The van der Waals surface area contributed by atoms with Gasteiger partial charge in [0.15, 0.2) is 5.29 Å². The quantitative estimate of drug-likeness (QED) is 0.336. The Bertz CT molecular complexity index is 405. The van der Waals surface area contributed by atoms with E-state index in [1.807, 2.05) is 13.1 Å². The van der Waals surface area contributed by atoms with Gasteiger partial charge in [0.05, 0.1) is 10.0 Å². The minimum Gasteiger partial charge on any atom is -0.320 e. The van der Waals surface area contributed by atoms with Gasteiger partial charge in [-0.3, -0.25) is 4.99 Å². The van der Waals surface area contributed by atoms with Crippen LogP contribution in [0.15, 0.2) is 23.2 Å². The van der Waals surface area contributed by atoms with Gasteiger partial charge >= 0.3 is 0 Å². The van der Waals surface area contributed by atoms with Crippen LogP contribution in [0.3, 0.4) is 0 Å². The van der Waals surface area contributed by atoms with Crippen molar-refractivity contribution in [3.63, 3.8) is 0 Å². The molecule has 0 radical (unpaired) electrons. The number of amidine groups is 1. The first-order valence-corrected chi connectivity index (χ1v) is 6.58. The molecule has 0 N–H and O–H groups in total. The molecule has 0 spiro atoms. The molecule has 0 fully saturated rings. The SMILES string of the molecule is CCCCN=C(Cl)N(C)c1ccc(Cl)c(Cl)c1. The normalized spacial score (nSPS) is 11.7. The van der Waals surface area contributed by atoms with Gasteiger partial charge < -0.3 is 4.90 Å². The van der Waals surface area contributed by atoms with Crippen LogP contribution >= 0.6 is 34.8 Å². The van der Waals surface area contributed by atoms with Crippen LogP contribution in [0.1, 0.15) is 19.8 Å². The fraction of sp³-hybridized carbons (Fsp3) is 0.417. The van der Waals surface area contributed by atoms with E-state index in [2.05, 4.69) is 11.9 Å². The number of nitrogens with zero attached hydrogens (tertiary/aromatic N) is 2. The molecule has 0 saturated heterocycles. The molecule has 0 aromatic heterocycles. The molecule has 94 valence electrons. The van der Waals surface area contributed by atoms with E-state index in [0.717, 1.165) is 25.1 Å². The van der Waals surface area contributed by atoms with Gasteiger partial charge in [0.2, 0.25) is 0 Å². The highest BCUT2D eigenvalue weighted by Gasteiger charge is 2.07. The highest BCUT2D eigenvalue weighted by molar-refractivity contribution is 6.67. The molecular formula is C12H15Cl3N2. The van der Waals surface area contributed by atoms with E-state index in [4.69, 9.17) is 34.8 Å². The average molecular weight is 294 g/mol. The second-order valence-electron chi connectivity index (χ2n) is 3.66. The lowest BCUT2D eigenvalue weighted by atomic mass is 10.3. The third kappa shape index (κ3) is 4.38. The minimum absolute atomic E-state index is 0.455. The van der Waals surface area contributed by atoms with Crippen molar-refractivity contribution in [2.24, 2.45) is 4.99 Å². The van der Waals surface area contributed by atoms with E-state index in [0.29, 0.717) is 15.3 Å². The lowest BCUT2D eigenvalue weighted by molar-refractivity contribution is 0.808. The number of halogens is 3. The van der Waals surface area contributed by atoms with Crippen molar-refractivity contribution in [3.8, 4) is 0 Å². The van der Waals surface area contributed by atoms with Crippen molar-refractivity contribution in [2.45, 2.75) is 19.8 Å². The summed E-state index contributed by atoms with van der Waals surface area (Å²) < 4.78 is 0. The second kappa shape index (κ2) is 7.10. The lowest BCUT2D eigenvalue weighted by Crippen LogP contribution is -2.21. The zero-order chi connectivity index (χ0) is 12.8. The zero-order valence-corrected chi connectivity index (χ0v) is 12.1. The number of hydrogen-bond donors (Lipinski definition) is 0. The summed E-state index contributed by atoms with van der Waals surface area (Å²) >= 11 is 17.9. The molecule has 0 amide bonds. The van der Waals surface area contributed by atoms with Gasteiger partial charge in [0.25, 0.3) is 0 Å². The number of aliphatic imine (C=N–C) groups is 1. The number of unbranched alkanes of at least 4 members (excludes halogenated alkanes) is 1. The van der Waals surface area contributed by atoms with Gasteiger partial charge in [-0.05, 0) is 36.2 Å². The van der Waals surface area contributed by atoms with Gasteiger partial charge in [-0.2, -0.15) is 0 Å². The van der Waals surface area contributed by atoms with Crippen LogP contribution < -0.4 is 4.90 Å². The fourth-order valence-electron chi connectivity index (χ4n) is 1.24. The molecule has 0 aliphatic carbocycles.